The number of carbonyl (C=O) groups excluding carboxylic acids is 2. The molecule has 3 atom stereocenters. The number of hydrogen-bond acceptors (Lipinski definition) is 6. The Balaban J connectivity index is 1.41. The molecule has 0 saturated carbocycles. The van der Waals surface area contributed by atoms with Gasteiger partial charge in [-0.15, -0.1) is 0 Å². The maximum absolute atomic E-state index is 13.0. The molecule has 0 spiro atoms. The number of methoxy groups -OCH3 is 2. The van der Waals surface area contributed by atoms with Gasteiger partial charge in [0.1, 0.15) is 18.7 Å². The van der Waals surface area contributed by atoms with Crippen molar-refractivity contribution in [3.63, 3.8) is 0 Å². The van der Waals surface area contributed by atoms with E-state index in [1.807, 2.05) is 59.3 Å². The van der Waals surface area contributed by atoms with Crippen LogP contribution in [0.15, 0.2) is 54.7 Å². The zero-order chi connectivity index (χ0) is 29.1. The van der Waals surface area contributed by atoms with E-state index in [4.69, 9.17) is 30.9 Å². The van der Waals surface area contributed by atoms with Gasteiger partial charge in [-0.05, 0) is 55.7 Å². The van der Waals surface area contributed by atoms with Gasteiger partial charge in [-0.1, -0.05) is 23.7 Å². The number of hydrogen-bond donors (Lipinski definition) is 2. The number of halogens is 1. The lowest BCUT2D eigenvalue weighted by atomic mass is 9.98. The van der Waals surface area contributed by atoms with Gasteiger partial charge in [0.25, 0.3) is 0 Å². The van der Waals surface area contributed by atoms with Crippen molar-refractivity contribution in [1.29, 1.82) is 0 Å². The molecule has 41 heavy (non-hydrogen) atoms. The Labute approximate surface area is 242 Å². The first-order valence-electron chi connectivity index (χ1n) is 13.4. The second kappa shape index (κ2) is 12.2. The molecule has 2 aromatic carbocycles. The number of rotatable bonds is 9. The molecule has 216 valence electrons. The first-order valence-corrected chi connectivity index (χ1v) is 13.8. The number of carbonyl (C=O) groups is 3. The first kappa shape index (κ1) is 28.5. The molecule has 11 heteroatoms. The van der Waals surface area contributed by atoms with E-state index in [0.29, 0.717) is 42.3 Å². The van der Waals surface area contributed by atoms with Crippen LogP contribution in [0.25, 0.3) is 5.69 Å². The van der Waals surface area contributed by atoms with Crippen LogP contribution in [-0.2, 0) is 19.1 Å². The molecule has 3 heterocycles. The average Bonchev–Trinajstić information content (AvgIpc) is 3.40. The third-order valence-electron chi connectivity index (χ3n) is 7.48. The van der Waals surface area contributed by atoms with Gasteiger partial charge in [0.05, 0.1) is 31.7 Å². The number of carboxylic acid groups (broad SMARTS) is 1. The standard InChI is InChI=1S/C30H32ClN3O7/c1-39-25-9-3-6-19(29(25)40-2)28-20-16-18(31)10-11-22(20)34-15-5-8-23(34)24(41-28)12-13-26(35)32-21-7-4-14-33(30(21)38)17-27(36)37/h3,5-6,8-11,15-16,21,24,28H,4,7,12-14,17H2,1-2H3,(H,32,35)(H,36,37)/t21-,24-,28-/m1/s1. The van der Waals surface area contributed by atoms with E-state index in [1.54, 1.807) is 14.2 Å². The number of aromatic nitrogens is 1. The smallest absolute Gasteiger partial charge is 0.323 e. The van der Waals surface area contributed by atoms with Gasteiger partial charge in [-0.3, -0.25) is 14.4 Å². The Morgan fingerprint density at radius 1 is 1.12 bits per heavy atom. The summed E-state index contributed by atoms with van der Waals surface area (Å²) in [7, 11) is 3.15. The van der Waals surface area contributed by atoms with E-state index in [9.17, 15) is 14.4 Å². The highest BCUT2D eigenvalue weighted by Crippen LogP contribution is 2.46. The maximum Gasteiger partial charge on any atom is 0.323 e. The summed E-state index contributed by atoms with van der Waals surface area (Å²) in [4.78, 5) is 38.2. The van der Waals surface area contributed by atoms with Crippen molar-refractivity contribution in [1.82, 2.24) is 14.8 Å². The third-order valence-corrected chi connectivity index (χ3v) is 7.72. The topological polar surface area (TPSA) is 119 Å². The van der Waals surface area contributed by atoms with Crippen LogP contribution in [-0.4, -0.2) is 65.7 Å². The minimum atomic E-state index is -1.08. The third kappa shape index (κ3) is 5.89. The van der Waals surface area contributed by atoms with Crippen molar-refractivity contribution in [2.24, 2.45) is 0 Å². The highest BCUT2D eigenvalue weighted by molar-refractivity contribution is 6.30. The molecule has 2 aliphatic heterocycles. The maximum atomic E-state index is 13.0. The van der Waals surface area contributed by atoms with Crippen molar-refractivity contribution < 1.29 is 33.7 Å². The van der Waals surface area contributed by atoms with Crippen LogP contribution < -0.4 is 14.8 Å². The van der Waals surface area contributed by atoms with Gasteiger partial charge in [0.2, 0.25) is 11.8 Å². The normalized spacial score (nSPS) is 20.0. The van der Waals surface area contributed by atoms with Gasteiger partial charge in [0, 0.05) is 35.3 Å². The number of ether oxygens (including phenoxy) is 3. The lowest BCUT2D eigenvalue weighted by molar-refractivity contribution is -0.147. The Hall–Kier alpha value is -4.02. The number of piperidine rings is 1. The molecular weight excluding hydrogens is 550 g/mol. The van der Waals surface area contributed by atoms with E-state index in [0.717, 1.165) is 22.5 Å². The second-order valence-corrected chi connectivity index (χ2v) is 10.5. The van der Waals surface area contributed by atoms with Crippen LogP contribution in [0.3, 0.4) is 0 Å². The molecule has 1 aromatic heterocycles. The minimum absolute atomic E-state index is 0.0949. The molecule has 2 N–H and O–H groups in total. The molecule has 0 bridgehead atoms. The predicted octanol–water partition coefficient (Wildman–Crippen LogP) is 4.28. The number of aliphatic carboxylic acids is 1. The molecule has 2 aliphatic rings. The number of para-hydroxylation sites is 1. The van der Waals surface area contributed by atoms with Crippen molar-refractivity contribution in [3.8, 4) is 17.2 Å². The van der Waals surface area contributed by atoms with Crippen molar-refractivity contribution >= 4 is 29.4 Å². The van der Waals surface area contributed by atoms with Crippen LogP contribution in [0.5, 0.6) is 11.5 Å². The molecule has 10 nitrogen and oxygen atoms in total. The van der Waals surface area contributed by atoms with Crippen molar-refractivity contribution in [2.75, 3.05) is 27.3 Å². The predicted molar refractivity (Wildman–Crippen MR) is 151 cm³/mol. The van der Waals surface area contributed by atoms with Gasteiger partial charge >= 0.3 is 5.97 Å². The van der Waals surface area contributed by atoms with E-state index < -0.39 is 24.2 Å². The SMILES string of the molecule is COc1cccc([C@H]2O[C@H](CCC(=O)N[C@@H]3CCCN(CC(=O)O)C3=O)c3cccn3-c3ccc(Cl)cc32)c1OC. The molecular formula is C30H32ClN3O7. The van der Waals surface area contributed by atoms with Crippen molar-refractivity contribution in [3.05, 3.63) is 76.6 Å². The number of amides is 2. The summed E-state index contributed by atoms with van der Waals surface area (Å²) in [6.07, 6.45) is 2.38. The van der Waals surface area contributed by atoms with Gasteiger partial charge < -0.3 is 34.1 Å². The zero-order valence-corrected chi connectivity index (χ0v) is 23.6. The number of likely N-dealkylation sites (tertiary alicyclic amines) is 1. The van der Waals surface area contributed by atoms with Crippen LogP contribution >= 0.6 is 11.6 Å². The van der Waals surface area contributed by atoms with Gasteiger partial charge in [-0.2, -0.15) is 0 Å². The molecule has 1 fully saturated rings. The minimum Gasteiger partial charge on any atom is -0.493 e. The summed E-state index contributed by atoms with van der Waals surface area (Å²) in [6.45, 7) is -0.0120. The summed E-state index contributed by atoms with van der Waals surface area (Å²) in [5.74, 6) is -0.656. The van der Waals surface area contributed by atoms with E-state index >= 15 is 0 Å². The second-order valence-electron chi connectivity index (χ2n) is 10.0. The lowest BCUT2D eigenvalue weighted by Crippen LogP contribution is -2.53. The summed E-state index contributed by atoms with van der Waals surface area (Å²) >= 11 is 6.46. The Kier molecular flexibility index (Phi) is 8.51. The highest BCUT2D eigenvalue weighted by Gasteiger charge is 2.34. The fraction of sp³-hybridized carbons (Fsp3) is 0.367. The molecule has 0 aliphatic carbocycles. The summed E-state index contributed by atoms with van der Waals surface area (Å²) in [6, 6.07) is 14.4. The van der Waals surface area contributed by atoms with Crippen LogP contribution in [0.4, 0.5) is 0 Å². The van der Waals surface area contributed by atoms with E-state index in [2.05, 4.69) is 5.32 Å². The number of nitrogens with one attached hydrogen (secondary N) is 1. The molecule has 5 rings (SSSR count). The largest absolute Gasteiger partial charge is 0.493 e. The monoisotopic (exact) mass is 581 g/mol. The number of nitrogens with zero attached hydrogens (tertiary/aromatic N) is 2. The van der Waals surface area contributed by atoms with Crippen LogP contribution in [0, 0.1) is 0 Å². The van der Waals surface area contributed by atoms with Gasteiger partial charge in [-0.25, -0.2) is 0 Å². The molecule has 3 aromatic rings. The number of benzene rings is 2. The van der Waals surface area contributed by atoms with E-state index in [1.165, 1.54) is 4.90 Å². The first-order chi connectivity index (χ1) is 19.8. The molecule has 2 amide bonds. The Bertz CT molecular complexity index is 1460. The molecule has 0 unspecified atom stereocenters. The molecule has 1 saturated heterocycles. The number of fused-ring (bicyclic) bond motifs is 3. The van der Waals surface area contributed by atoms with Gasteiger partial charge in [0.15, 0.2) is 11.5 Å². The van der Waals surface area contributed by atoms with Crippen LogP contribution in [0.1, 0.15) is 54.7 Å². The average molecular weight is 582 g/mol. The van der Waals surface area contributed by atoms with Crippen molar-refractivity contribution in [2.45, 2.75) is 43.9 Å². The highest BCUT2D eigenvalue weighted by atomic mass is 35.5. The summed E-state index contributed by atoms with van der Waals surface area (Å²) < 4.78 is 20.1. The zero-order valence-electron chi connectivity index (χ0n) is 22.8. The number of carboxylic acids is 1. The fourth-order valence-electron chi connectivity index (χ4n) is 5.64. The van der Waals surface area contributed by atoms with Crippen LogP contribution in [0.2, 0.25) is 5.02 Å². The molecule has 0 radical (unpaired) electrons. The Morgan fingerprint density at radius 2 is 1.95 bits per heavy atom. The fourth-order valence-corrected chi connectivity index (χ4v) is 5.82. The quantitative estimate of drug-likeness (QED) is 0.387. The summed E-state index contributed by atoms with van der Waals surface area (Å²) in [5, 5.41) is 12.5. The lowest BCUT2D eigenvalue weighted by Gasteiger charge is -2.31. The summed E-state index contributed by atoms with van der Waals surface area (Å²) in [5.41, 5.74) is 3.34. The van der Waals surface area contributed by atoms with E-state index in [-0.39, 0.29) is 24.8 Å². The Morgan fingerprint density at radius 3 is 2.71 bits per heavy atom.